The molecule has 3 nitrogen and oxygen atoms in total. The molecule has 21 heavy (non-hydrogen) atoms. The minimum absolute atomic E-state index is 0.0108. The molecule has 0 amide bonds. The molecule has 0 aliphatic carbocycles. The summed E-state index contributed by atoms with van der Waals surface area (Å²) in [5, 5.41) is 13.5. The fraction of sp³-hybridized carbons (Fsp3) is 0.333. The number of hydrogen-bond donors (Lipinski definition) is 2. The minimum atomic E-state index is 0.0108. The summed E-state index contributed by atoms with van der Waals surface area (Å²) in [6.07, 6.45) is 0. The Morgan fingerprint density at radius 3 is 2.43 bits per heavy atom. The molecule has 0 heterocycles. The van der Waals surface area contributed by atoms with Gasteiger partial charge in [0.15, 0.2) is 0 Å². The lowest BCUT2D eigenvalue weighted by Crippen LogP contribution is -2.09. The number of rotatable bonds is 4. The van der Waals surface area contributed by atoms with E-state index in [0.29, 0.717) is 5.75 Å². The summed E-state index contributed by atoms with van der Waals surface area (Å²) in [7, 11) is 1.69. The van der Waals surface area contributed by atoms with E-state index in [4.69, 9.17) is 4.74 Å². The summed E-state index contributed by atoms with van der Waals surface area (Å²) in [6, 6.07) is 9.86. The van der Waals surface area contributed by atoms with E-state index >= 15 is 0 Å². The minimum Gasteiger partial charge on any atom is -0.508 e. The third-order valence-corrected chi connectivity index (χ3v) is 3.83. The van der Waals surface area contributed by atoms with Gasteiger partial charge in [-0.2, -0.15) is 0 Å². The van der Waals surface area contributed by atoms with Crippen LogP contribution < -0.4 is 10.1 Å². The van der Waals surface area contributed by atoms with Gasteiger partial charge >= 0.3 is 0 Å². The number of benzene rings is 2. The Kier molecular flexibility index (Phi) is 4.41. The van der Waals surface area contributed by atoms with Gasteiger partial charge in [0.2, 0.25) is 0 Å². The van der Waals surface area contributed by atoms with E-state index in [9.17, 15) is 5.11 Å². The molecule has 0 saturated heterocycles. The molecule has 0 aromatic heterocycles. The molecule has 0 fully saturated rings. The molecule has 0 saturated carbocycles. The van der Waals surface area contributed by atoms with Crippen molar-refractivity contribution in [2.24, 2.45) is 0 Å². The van der Waals surface area contributed by atoms with Crippen LogP contribution in [0.2, 0.25) is 0 Å². The molecule has 0 aliphatic heterocycles. The number of ether oxygens (including phenoxy) is 1. The van der Waals surface area contributed by atoms with Crippen molar-refractivity contribution in [3.05, 3.63) is 52.6 Å². The summed E-state index contributed by atoms with van der Waals surface area (Å²) < 4.78 is 5.45. The molecule has 112 valence electrons. The Labute approximate surface area is 126 Å². The van der Waals surface area contributed by atoms with Crippen molar-refractivity contribution in [1.82, 2.24) is 0 Å². The first-order chi connectivity index (χ1) is 9.93. The van der Waals surface area contributed by atoms with E-state index in [1.807, 2.05) is 45.9 Å². The molecule has 1 unspecified atom stereocenters. The van der Waals surface area contributed by atoms with E-state index < -0.39 is 0 Å². The lowest BCUT2D eigenvalue weighted by molar-refractivity contribution is 0.409. The molecule has 0 bridgehead atoms. The Morgan fingerprint density at radius 2 is 1.81 bits per heavy atom. The van der Waals surface area contributed by atoms with Gasteiger partial charge in [-0.3, -0.25) is 0 Å². The van der Waals surface area contributed by atoms with Gasteiger partial charge in [0, 0.05) is 16.8 Å². The van der Waals surface area contributed by atoms with Crippen LogP contribution in [0.5, 0.6) is 11.5 Å². The summed E-state index contributed by atoms with van der Waals surface area (Å²) in [6.45, 7) is 8.08. The van der Waals surface area contributed by atoms with Gasteiger partial charge in [-0.05, 0) is 51.0 Å². The smallest absolute Gasteiger partial charge is 0.126 e. The van der Waals surface area contributed by atoms with Gasteiger partial charge in [-0.1, -0.05) is 18.2 Å². The molecular formula is C18H23NO2. The second-order valence-corrected chi connectivity index (χ2v) is 5.52. The molecule has 2 aromatic carbocycles. The molecule has 1 atom stereocenters. The molecule has 0 spiro atoms. The van der Waals surface area contributed by atoms with E-state index in [2.05, 4.69) is 11.4 Å². The third-order valence-electron chi connectivity index (χ3n) is 3.83. The number of aryl methyl sites for hydroxylation is 2. The van der Waals surface area contributed by atoms with Crippen molar-refractivity contribution in [3.8, 4) is 11.5 Å². The molecule has 2 aromatic rings. The lowest BCUT2D eigenvalue weighted by Gasteiger charge is -2.20. The number of nitrogens with one attached hydrogen (secondary N) is 1. The number of phenolic OH excluding ortho intramolecular Hbond substituents is 1. The highest BCUT2D eigenvalue weighted by molar-refractivity contribution is 5.60. The quantitative estimate of drug-likeness (QED) is 0.869. The second kappa shape index (κ2) is 6.08. The molecule has 0 aliphatic rings. The van der Waals surface area contributed by atoms with Gasteiger partial charge in [0.25, 0.3) is 0 Å². The van der Waals surface area contributed by atoms with Gasteiger partial charge in [0.05, 0.1) is 13.2 Å². The number of anilines is 1. The van der Waals surface area contributed by atoms with E-state index in [1.54, 1.807) is 13.2 Å². The summed E-state index contributed by atoms with van der Waals surface area (Å²) in [5.41, 5.74) is 5.16. The number of phenols is 1. The van der Waals surface area contributed by atoms with Gasteiger partial charge in [0.1, 0.15) is 11.5 Å². The van der Waals surface area contributed by atoms with Crippen LogP contribution in [-0.4, -0.2) is 12.2 Å². The second-order valence-electron chi connectivity index (χ2n) is 5.52. The first kappa shape index (κ1) is 15.2. The zero-order valence-corrected chi connectivity index (χ0v) is 13.3. The van der Waals surface area contributed by atoms with Crippen LogP contribution in [0, 0.1) is 20.8 Å². The predicted molar refractivity (Wildman–Crippen MR) is 87.3 cm³/mol. The number of hydrogen-bond acceptors (Lipinski definition) is 3. The SMILES string of the molecule is COc1c(C)ccc(NC(C)c2ccc(C)cc2O)c1C. The maximum Gasteiger partial charge on any atom is 0.126 e. The zero-order chi connectivity index (χ0) is 15.6. The lowest BCUT2D eigenvalue weighted by atomic mass is 10.0. The Morgan fingerprint density at radius 1 is 1.10 bits per heavy atom. The average molecular weight is 285 g/mol. The van der Waals surface area contributed by atoms with Gasteiger partial charge in [-0.15, -0.1) is 0 Å². The zero-order valence-electron chi connectivity index (χ0n) is 13.3. The molecule has 0 radical (unpaired) electrons. The maximum atomic E-state index is 10.1. The van der Waals surface area contributed by atoms with Crippen molar-refractivity contribution in [1.29, 1.82) is 0 Å². The highest BCUT2D eigenvalue weighted by Gasteiger charge is 2.13. The molecular weight excluding hydrogens is 262 g/mol. The van der Waals surface area contributed by atoms with Crippen molar-refractivity contribution in [2.75, 3.05) is 12.4 Å². The molecule has 2 N–H and O–H groups in total. The van der Waals surface area contributed by atoms with Crippen molar-refractivity contribution >= 4 is 5.69 Å². The van der Waals surface area contributed by atoms with Crippen LogP contribution in [0.1, 0.15) is 35.2 Å². The van der Waals surface area contributed by atoms with Crippen LogP contribution in [0.25, 0.3) is 0 Å². The number of aromatic hydroxyl groups is 1. The highest BCUT2D eigenvalue weighted by Crippen LogP contribution is 2.33. The van der Waals surface area contributed by atoms with E-state index in [1.165, 1.54) is 0 Å². The fourth-order valence-corrected chi connectivity index (χ4v) is 2.63. The Balaban J connectivity index is 2.29. The average Bonchev–Trinajstić information content (AvgIpc) is 2.42. The molecule has 2 rings (SSSR count). The van der Waals surface area contributed by atoms with Crippen molar-refractivity contribution in [3.63, 3.8) is 0 Å². The largest absolute Gasteiger partial charge is 0.508 e. The maximum absolute atomic E-state index is 10.1. The summed E-state index contributed by atoms with van der Waals surface area (Å²) in [4.78, 5) is 0. The fourth-order valence-electron chi connectivity index (χ4n) is 2.63. The summed E-state index contributed by atoms with van der Waals surface area (Å²) >= 11 is 0. The van der Waals surface area contributed by atoms with Crippen LogP contribution in [-0.2, 0) is 0 Å². The monoisotopic (exact) mass is 285 g/mol. The van der Waals surface area contributed by atoms with E-state index in [-0.39, 0.29) is 6.04 Å². The van der Waals surface area contributed by atoms with Crippen LogP contribution >= 0.6 is 0 Å². The van der Waals surface area contributed by atoms with Gasteiger partial charge in [-0.25, -0.2) is 0 Å². The Hall–Kier alpha value is -2.16. The van der Waals surface area contributed by atoms with Crippen LogP contribution in [0.3, 0.4) is 0 Å². The standard InChI is InChI=1S/C18H23NO2/c1-11-6-8-15(17(20)10-11)14(4)19-16-9-7-12(2)18(21-5)13(16)3/h6-10,14,19-20H,1-5H3. The van der Waals surface area contributed by atoms with Crippen molar-refractivity contribution in [2.45, 2.75) is 33.7 Å². The third kappa shape index (κ3) is 3.13. The summed E-state index contributed by atoms with van der Waals surface area (Å²) in [5.74, 6) is 1.23. The number of methoxy groups -OCH3 is 1. The first-order valence-corrected chi connectivity index (χ1v) is 7.14. The normalized spacial score (nSPS) is 12.0. The highest BCUT2D eigenvalue weighted by atomic mass is 16.5. The topological polar surface area (TPSA) is 41.5 Å². The molecule has 3 heteroatoms. The van der Waals surface area contributed by atoms with Crippen LogP contribution in [0.4, 0.5) is 5.69 Å². The first-order valence-electron chi connectivity index (χ1n) is 7.14. The Bertz CT molecular complexity index is 650. The van der Waals surface area contributed by atoms with Crippen molar-refractivity contribution < 1.29 is 9.84 Å². The van der Waals surface area contributed by atoms with Crippen LogP contribution in [0.15, 0.2) is 30.3 Å². The van der Waals surface area contributed by atoms with Gasteiger partial charge < -0.3 is 15.2 Å². The van der Waals surface area contributed by atoms with E-state index in [0.717, 1.165) is 33.7 Å². The predicted octanol–water partition coefficient (Wildman–Crippen LogP) is 4.50.